The predicted molar refractivity (Wildman–Crippen MR) is 126 cm³/mol. The normalized spacial score (nSPS) is 15.5. The number of nitrogens with zero attached hydrogens (tertiary/aromatic N) is 2. The van der Waals surface area contributed by atoms with Crippen LogP contribution in [0.4, 0.5) is 4.79 Å². The Balaban J connectivity index is 1.83. The van der Waals surface area contributed by atoms with Crippen LogP contribution in [0.25, 0.3) is 16.3 Å². The van der Waals surface area contributed by atoms with Crippen molar-refractivity contribution in [2.75, 3.05) is 7.11 Å². The molecule has 6 nitrogen and oxygen atoms in total. The van der Waals surface area contributed by atoms with E-state index < -0.39 is 11.7 Å². The number of allylic oxidation sites excluding steroid dienone is 1. The third kappa shape index (κ3) is 4.20. The van der Waals surface area contributed by atoms with Gasteiger partial charge in [0.25, 0.3) is 0 Å². The van der Waals surface area contributed by atoms with Crippen LogP contribution in [-0.4, -0.2) is 34.1 Å². The fourth-order valence-electron chi connectivity index (χ4n) is 3.50. The molecule has 1 aliphatic rings. The number of H-pyrrole nitrogens is 1. The van der Waals surface area contributed by atoms with Crippen LogP contribution in [0.5, 0.6) is 0 Å². The zero-order valence-corrected chi connectivity index (χ0v) is 19.9. The molecule has 0 atom stereocenters. The standard InChI is InChI=1S/C23H24ClN3O3S/c1-12-7-13(2)25-14(12)8-16-19(29-6)9-15(26-16)17-10-20-18(11-21(24)31-20)27(17)22(28)30-23(3,4)5/h7-11,25H,1-6H3/b16-8+. The first kappa shape index (κ1) is 21.5. The Labute approximate surface area is 189 Å². The van der Waals surface area contributed by atoms with E-state index in [0.29, 0.717) is 32.7 Å². The van der Waals surface area contributed by atoms with Gasteiger partial charge < -0.3 is 14.5 Å². The van der Waals surface area contributed by atoms with Crippen molar-refractivity contribution in [3.05, 3.63) is 62.7 Å². The topological polar surface area (TPSA) is 68.6 Å². The second kappa shape index (κ2) is 7.73. The molecule has 1 aliphatic heterocycles. The molecular weight excluding hydrogens is 434 g/mol. The van der Waals surface area contributed by atoms with Gasteiger partial charge in [0.2, 0.25) is 0 Å². The molecule has 0 radical (unpaired) electrons. The summed E-state index contributed by atoms with van der Waals surface area (Å²) in [6.07, 6.45) is 3.30. The van der Waals surface area contributed by atoms with Crippen molar-refractivity contribution < 1.29 is 14.3 Å². The van der Waals surface area contributed by atoms with Gasteiger partial charge in [0.1, 0.15) is 17.1 Å². The van der Waals surface area contributed by atoms with E-state index in [1.165, 1.54) is 15.9 Å². The van der Waals surface area contributed by atoms with E-state index in [9.17, 15) is 4.79 Å². The van der Waals surface area contributed by atoms with Gasteiger partial charge in [-0.3, -0.25) is 0 Å². The van der Waals surface area contributed by atoms with Gasteiger partial charge in [0.05, 0.1) is 33.1 Å². The maximum atomic E-state index is 13.1. The fourth-order valence-corrected chi connectivity index (χ4v) is 4.66. The summed E-state index contributed by atoms with van der Waals surface area (Å²) >= 11 is 7.61. The molecule has 162 valence electrons. The van der Waals surface area contributed by atoms with Crippen molar-refractivity contribution in [3.8, 4) is 0 Å². The van der Waals surface area contributed by atoms with Gasteiger partial charge in [-0.15, -0.1) is 11.3 Å². The van der Waals surface area contributed by atoms with Crippen LogP contribution in [0.15, 0.2) is 40.7 Å². The molecule has 0 aliphatic carbocycles. The van der Waals surface area contributed by atoms with E-state index in [0.717, 1.165) is 21.7 Å². The lowest BCUT2D eigenvalue weighted by atomic mass is 10.2. The Morgan fingerprint density at radius 3 is 2.61 bits per heavy atom. The molecule has 1 N–H and O–H groups in total. The van der Waals surface area contributed by atoms with E-state index in [1.807, 2.05) is 52.8 Å². The quantitative estimate of drug-likeness (QED) is 0.490. The minimum absolute atomic E-state index is 0.477. The van der Waals surface area contributed by atoms with Crippen LogP contribution in [0, 0.1) is 13.8 Å². The molecule has 0 spiro atoms. The van der Waals surface area contributed by atoms with Crippen LogP contribution in [0.1, 0.15) is 43.4 Å². The maximum Gasteiger partial charge on any atom is 0.419 e. The molecule has 4 rings (SSSR count). The lowest BCUT2D eigenvalue weighted by molar-refractivity contribution is 0.0544. The number of nitrogens with one attached hydrogen (secondary N) is 1. The van der Waals surface area contributed by atoms with Crippen molar-refractivity contribution >= 4 is 51.0 Å². The van der Waals surface area contributed by atoms with Crippen molar-refractivity contribution in [2.24, 2.45) is 4.99 Å². The molecule has 0 unspecified atom stereocenters. The Morgan fingerprint density at radius 2 is 2.00 bits per heavy atom. The van der Waals surface area contributed by atoms with E-state index >= 15 is 0 Å². The highest BCUT2D eigenvalue weighted by atomic mass is 35.5. The fraction of sp³-hybridized carbons (Fsp3) is 0.304. The average molecular weight is 458 g/mol. The summed E-state index contributed by atoms with van der Waals surface area (Å²) in [4.78, 5) is 21.2. The Kier molecular flexibility index (Phi) is 5.35. The zero-order chi connectivity index (χ0) is 22.5. The number of ether oxygens (including phenoxy) is 2. The largest absolute Gasteiger partial charge is 0.494 e. The number of methoxy groups -OCH3 is 1. The molecule has 0 saturated carbocycles. The first-order valence-electron chi connectivity index (χ1n) is 9.83. The minimum Gasteiger partial charge on any atom is -0.494 e. The van der Waals surface area contributed by atoms with E-state index in [1.54, 1.807) is 13.2 Å². The van der Waals surface area contributed by atoms with Crippen molar-refractivity contribution in [2.45, 2.75) is 40.2 Å². The number of aromatic amines is 1. The van der Waals surface area contributed by atoms with Crippen molar-refractivity contribution in [1.29, 1.82) is 0 Å². The highest BCUT2D eigenvalue weighted by Gasteiger charge is 2.27. The molecular formula is C23H24ClN3O3S. The second-order valence-corrected chi connectivity index (χ2v) is 10.1. The van der Waals surface area contributed by atoms with E-state index in [4.69, 9.17) is 26.1 Å². The zero-order valence-electron chi connectivity index (χ0n) is 18.3. The smallest absolute Gasteiger partial charge is 0.419 e. The number of aliphatic imine (C=N–C) groups is 1. The summed E-state index contributed by atoms with van der Waals surface area (Å²) in [7, 11) is 1.61. The molecule has 3 aromatic heterocycles. The third-order valence-corrected chi connectivity index (χ3v) is 5.95. The monoisotopic (exact) mass is 457 g/mol. The highest BCUT2D eigenvalue weighted by molar-refractivity contribution is 7.22. The number of halogens is 1. The number of aromatic nitrogens is 2. The SMILES string of the molecule is COC1=CC(c2cc3sc(Cl)cc3n2C(=O)OC(C)(C)C)=N/C1=C/c1[nH]c(C)cc1C. The summed E-state index contributed by atoms with van der Waals surface area (Å²) in [5.74, 6) is 0.625. The van der Waals surface area contributed by atoms with Crippen LogP contribution >= 0.6 is 22.9 Å². The molecule has 0 aromatic carbocycles. The van der Waals surface area contributed by atoms with Gasteiger partial charge in [-0.2, -0.15) is 0 Å². The minimum atomic E-state index is -0.635. The molecule has 0 fully saturated rings. The second-order valence-electron chi connectivity index (χ2n) is 8.43. The van der Waals surface area contributed by atoms with Crippen molar-refractivity contribution in [3.63, 3.8) is 0 Å². The highest BCUT2D eigenvalue weighted by Crippen LogP contribution is 2.35. The third-order valence-electron chi connectivity index (χ3n) is 4.75. The Bertz CT molecular complexity index is 1280. The summed E-state index contributed by atoms with van der Waals surface area (Å²) in [5.41, 5.74) is 5.16. The van der Waals surface area contributed by atoms with E-state index in [-0.39, 0.29) is 0 Å². The molecule has 0 bridgehead atoms. The van der Waals surface area contributed by atoms with Crippen LogP contribution in [-0.2, 0) is 9.47 Å². The van der Waals surface area contributed by atoms with Gasteiger partial charge in [0, 0.05) is 17.5 Å². The number of carbonyl (C=O) groups excluding carboxylic acids is 1. The number of thiophene rings is 1. The first-order valence-corrected chi connectivity index (χ1v) is 11.0. The van der Waals surface area contributed by atoms with Crippen LogP contribution in [0.3, 0.4) is 0 Å². The van der Waals surface area contributed by atoms with Gasteiger partial charge in [0.15, 0.2) is 0 Å². The molecule has 31 heavy (non-hydrogen) atoms. The van der Waals surface area contributed by atoms with Crippen molar-refractivity contribution in [1.82, 2.24) is 9.55 Å². The lowest BCUT2D eigenvalue weighted by Gasteiger charge is -2.20. The number of carbonyl (C=O) groups is 1. The molecule has 4 heterocycles. The molecule has 0 saturated heterocycles. The Hall–Kier alpha value is -2.77. The summed E-state index contributed by atoms with van der Waals surface area (Å²) in [6.45, 7) is 9.56. The summed E-state index contributed by atoms with van der Waals surface area (Å²) in [5, 5.41) is 0. The average Bonchev–Trinajstić information content (AvgIpc) is 3.36. The van der Waals surface area contributed by atoms with Gasteiger partial charge >= 0.3 is 6.09 Å². The number of hydrogen-bond donors (Lipinski definition) is 1. The van der Waals surface area contributed by atoms with E-state index in [2.05, 4.69) is 11.1 Å². The number of aryl methyl sites for hydroxylation is 2. The predicted octanol–water partition coefficient (Wildman–Crippen LogP) is 6.46. The number of hydrogen-bond acceptors (Lipinski definition) is 5. The molecule has 8 heteroatoms. The number of fused-ring (bicyclic) bond motifs is 1. The number of rotatable bonds is 3. The lowest BCUT2D eigenvalue weighted by Crippen LogP contribution is -2.28. The summed E-state index contributed by atoms with van der Waals surface area (Å²) in [6, 6.07) is 5.76. The van der Waals surface area contributed by atoms with Gasteiger partial charge in [-0.25, -0.2) is 14.4 Å². The summed E-state index contributed by atoms with van der Waals surface area (Å²) < 4.78 is 14.2. The molecule has 0 amide bonds. The first-order chi connectivity index (χ1) is 14.6. The van der Waals surface area contributed by atoms with Gasteiger partial charge in [-0.1, -0.05) is 11.6 Å². The molecule has 3 aromatic rings. The van der Waals surface area contributed by atoms with Crippen LogP contribution < -0.4 is 0 Å². The Morgan fingerprint density at radius 1 is 1.26 bits per heavy atom. The van der Waals surface area contributed by atoms with Gasteiger partial charge in [-0.05, 0) is 64.5 Å². The van der Waals surface area contributed by atoms with Crippen LogP contribution in [0.2, 0.25) is 4.34 Å². The maximum absolute atomic E-state index is 13.1.